The molecule has 2 aromatic carbocycles. The molecule has 0 N–H and O–H groups in total. The van der Waals surface area contributed by atoms with Crippen molar-refractivity contribution in [3.8, 4) is 0 Å². The summed E-state index contributed by atoms with van der Waals surface area (Å²) >= 11 is 2.06. The Balaban J connectivity index is 1.53. The smallest absolute Gasteiger partial charge is 0.0234 e. The van der Waals surface area contributed by atoms with Crippen LogP contribution in [0.1, 0.15) is 57.6 Å². The SMILES string of the molecule is CC(C)(C)N(CCN(CCSCc1ccccc1)Cc1ccccc1)CC1CCCC1. The van der Waals surface area contributed by atoms with Crippen LogP contribution in [0, 0.1) is 5.92 Å². The number of rotatable bonds is 12. The first-order chi connectivity index (χ1) is 15.0. The van der Waals surface area contributed by atoms with Gasteiger partial charge in [-0.25, -0.2) is 0 Å². The predicted octanol–water partition coefficient (Wildman–Crippen LogP) is 6.71. The Kier molecular flexibility index (Phi) is 9.95. The van der Waals surface area contributed by atoms with E-state index in [1.165, 1.54) is 49.1 Å². The van der Waals surface area contributed by atoms with Crippen molar-refractivity contribution < 1.29 is 0 Å². The van der Waals surface area contributed by atoms with Gasteiger partial charge in [-0.05, 0) is 50.7 Å². The molecule has 1 aliphatic rings. The van der Waals surface area contributed by atoms with E-state index < -0.39 is 0 Å². The van der Waals surface area contributed by atoms with E-state index in [9.17, 15) is 0 Å². The van der Waals surface area contributed by atoms with Crippen molar-refractivity contribution in [1.82, 2.24) is 9.80 Å². The fourth-order valence-corrected chi connectivity index (χ4v) is 5.50. The highest BCUT2D eigenvalue weighted by atomic mass is 32.2. The summed E-state index contributed by atoms with van der Waals surface area (Å²) in [5.74, 6) is 3.19. The Hall–Kier alpha value is -1.29. The Labute approximate surface area is 195 Å². The highest BCUT2D eigenvalue weighted by molar-refractivity contribution is 7.98. The molecule has 1 fully saturated rings. The van der Waals surface area contributed by atoms with Gasteiger partial charge in [0.15, 0.2) is 0 Å². The maximum absolute atomic E-state index is 2.75. The highest BCUT2D eigenvalue weighted by Crippen LogP contribution is 2.28. The average molecular weight is 439 g/mol. The number of hydrogen-bond donors (Lipinski definition) is 0. The van der Waals surface area contributed by atoms with E-state index in [1.807, 2.05) is 0 Å². The summed E-state index contributed by atoms with van der Waals surface area (Å²) in [4.78, 5) is 5.42. The van der Waals surface area contributed by atoms with Crippen LogP contribution in [0.15, 0.2) is 60.7 Å². The number of thioether (sulfide) groups is 1. The monoisotopic (exact) mass is 438 g/mol. The van der Waals surface area contributed by atoms with Crippen molar-refractivity contribution >= 4 is 11.8 Å². The first-order valence-corrected chi connectivity index (χ1v) is 13.3. The summed E-state index contributed by atoms with van der Waals surface area (Å²) in [6, 6.07) is 21.8. The molecule has 0 aliphatic heterocycles. The standard InChI is InChI=1S/C28H42N2S/c1-28(2,3)30(23-26-14-10-11-15-26)19-18-29(22-25-12-6-4-7-13-25)20-21-31-24-27-16-8-5-9-17-27/h4-9,12-13,16-17,26H,10-11,14-15,18-24H2,1-3H3. The average Bonchev–Trinajstić information content (AvgIpc) is 3.28. The predicted molar refractivity (Wildman–Crippen MR) is 138 cm³/mol. The third-order valence-corrected chi connectivity index (χ3v) is 7.51. The van der Waals surface area contributed by atoms with Gasteiger partial charge in [0.2, 0.25) is 0 Å². The molecule has 0 atom stereocenters. The van der Waals surface area contributed by atoms with Gasteiger partial charge in [0.1, 0.15) is 0 Å². The zero-order valence-electron chi connectivity index (χ0n) is 19.9. The Bertz CT molecular complexity index is 720. The summed E-state index contributed by atoms with van der Waals surface area (Å²) in [6.07, 6.45) is 5.72. The van der Waals surface area contributed by atoms with Crippen LogP contribution in [0.3, 0.4) is 0 Å². The van der Waals surface area contributed by atoms with E-state index in [4.69, 9.17) is 0 Å². The van der Waals surface area contributed by atoms with Gasteiger partial charge >= 0.3 is 0 Å². The molecule has 1 aliphatic carbocycles. The van der Waals surface area contributed by atoms with E-state index >= 15 is 0 Å². The second kappa shape index (κ2) is 12.7. The lowest BCUT2D eigenvalue weighted by Gasteiger charge is -2.39. The van der Waals surface area contributed by atoms with Gasteiger partial charge < -0.3 is 0 Å². The Morgan fingerprint density at radius 2 is 1.42 bits per heavy atom. The summed E-state index contributed by atoms with van der Waals surface area (Å²) in [5, 5.41) is 0. The van der Waals surface area contributed by atoms with Crippen LogP contribution >= 0.6 is 11.8 Å². The maximum atomic E-state index is 2.75. The maximum Gasteiger partial charge on any atom is 0.0234 e. The first-order valence-electron chi connectivity index (χ1n) is 12.1. The van der Waals surface area contributed by atoms with Gasteiger partial charge in [-0.2, -0.15) is 11.8 Å². The molecule has 0 bridgehead atoms. The number of hydrogen-bond acceptors (Lipinski definition) is 3. The van der Waals surface area contributed by atoms with Crippen molar-refractivity contribution in [2.75, 3.05) is 31.9 Å². The largest absolute Gasteiger partial charge is 0.297 e. The normalized spacial score (nSPS) is 15.3. The van der Waals surface area contributed by atoms with Crippen LogP contribution in [0.4, 0.5) is 0 Å². The van der Waals surface area contributed by atoms with Gasteiger partial charge in [0, 0.05) is 49.8 Å². The minimum absolute atomic E-state index is 0.239. The molecule has 0 unspecified atom stereocenters. The van der Waals surface area contributed by atoms with Gasteiger partial charge in [-0.3, -0.25) is 9.80 Å². The van der Waals surface area contributed by atoms with Gasteiger partial charge in [0.05, 0.1) is 0 Å². The summed E-state index contributed by atoms with van der Waals surface area (Å²) in [5.41, 5.74) is 3.09. The van der Waals surface area contributed by atoms with E-state index in [2.05, 4.69) is 103 Å². The second-order valence-electron chi connectivity index (χ2n) is 10.1. The molecule has 31 heavy (non-hydrogen) atoms. The summed E-state index contributed by atoms with van der Waals surface area (Å²) < 4.78 is 0. The van der Waals surface area contributed by atoms with E-state index in [1.54, 1.807) is 0 Å². The third-order valence-electron chi connectivity index (χ3n) is 6.50. The molecular formula is C28H42N2S. The minimum Gasteiger partial charge on any atom is -0.297 e. The second-order valence-corrected chi connectivity index (χ2v) is 11.2. The van der Waals surface area contributed by atoms with E-state index in [0.717, 1.165) is 37.8 Å². The lowest BCUT2D eigenvalue weighted by atomic mass is 10.0. The molecule has 0 saturated heterocycles. The molecule has 0 radical (unpaired) electrons. The fraction of sp³-hybridized carbons (Fsp3) is 0.571. The van der Waals surface area contributed by atoms with Crippen LogP contribution in [0.5, 0.6) is 0 Å². The zero-order chi connectivity index (χ0) is 21.9. The van der Waals surface area contributed by atoms with Gasteiger partial charge in [-0.15, -0.1) is 0 Å². The molecule has 3 rings (SSSR count). The molecule has 0 amide bonds. The van der Waals surface area contributed by atoms with E-state index in [-0.39, 0.29) is 5.54 Å². The number of nitrogens with zero attached hydrogens (tertiary/aromatic N) is 2. The fourth-order valence-electron chi connectivity index (χ4n) is 4.54. The molecule has 1 saturated carbocycles. The molecule has 0 heterocycles. The van der Waals surface area contributed by atoms with Crippen LogP contribution in [0.2, 0.25) is 0 Å². The highest BCUT2D eigenvalue weighted by Gasteiger charge is 2.26. The molecule has 3 heteroatoms. The summed E-state index contributed by atoms with van der Waals surface area (Å²) in [6.45, 7) is 12.9. The van der Waals surface area contributed by atoms with Gasteiger partial charge in [-0.1, -0.05) is 73.5 Å². The van der Waals surface area contributed by atoms with Crippen molar-refractivity contribution in [3.05, 3.63) is 71.8 Å². The lowest BCUT2D eigenvalue weighted by Crippen LogP contribution is -2.47. The topological polar surface area (TPSA) is 6.48 Å². The molecule has 2 nitrogen and oxygen atoms in total. The first kappa shape index (κ1) is 24.4. The summed E-state index contributed by atoms with van der Waals surface area (Å²) in [7, 11) is 0. The van der Waals surface area contributed by atoms with E-state index in [0.29, 0.717) is 0 Å². The molecule has 170 valence electrons. The Morgan fingerprint density at radius 1 is 0.806 bits per heavy atom. The van der Waals surface area contributed by atoms with Crippen molar-refractivity contribution in [2.24, 2.45) is 5.92 Å². The number of benzene rings is 2. The van der Waals surface area contributed by atoms with Crippen LogP contribution in [-0.4, -0.2) is 47.3 Å². The zero-order valence-corrected chi connectivity index (χ0v) is 20.7. The molecule has 0 spiro atoms. The van der Waals surface area contributed by atoms with Crippen molar-refractivity contribution in [1.29, 1.82) is 0 Å². The lowest BCUT2D eigenvalue weighted by molar-refractivity contribution is 0.0959. The van der Waals surface area contributed by atoms with Crippen LogP contribution in [0.25, 0.3) is 0 Å². The van der Waals surface area contributed by atoms with Crippen LogP contribution in [-0.2, 0) is 12.3 Å². The van der Waals surface area contributed by atoms with Crippen molar-refractivity contribution in [2.45, 2.75) is 64.3 Å². The van der Waals surface area contributed by atoms with Gasteiger partial charge in [0.25, 0.3) is 0 Å². The molecule has 0 aromatic heterocycles. The minimum atomic E-state index is 0.239. The van der Waals surface area contributed by atoms with Crippen molar-refractivity contribution in [3.63, 3.8) is 0 Å². The Morgan fingerprint density at radius 3 is 2.03 bits per heavy atom. The quantitative estimate of drug-likeness (QED) is 0.340. The molecular weight excluding hydrogens is 396 g/mol. The van der Waals surface area contributed by atoms with Crippen LogP contribution < -0.4 is 0 Å². The third kappa shape index (κ3) is 9.00. The molecule has 2 aromatic rings.